The second kappa shape index (κ2) is 7.23. The van der Waals surface area contributed by atoms with Crippen molar-refractivity contribution in [3.63, 3.8) is 0 Å². The lowest BCUT2D eigenvalue weighted by Gasteiger charge is -2.07. The van der Waals surface area contributed by atoms with Crippen LogP contribution in [0.2, 0.25) is 0 Å². The van der Waals surface area contributed by atoms with Gasteiger partial charge in [-0.3, -0.25) is 50.6 Å². The predicted molar refractivity (Wildman–Crippen MR) is 86.2 cm³/mol. The molecule has 0 radical (unpaired) electrons. The molecule has 2 aromatic carbocycles. The summed E-state index contributed by atoms with van der Waals surface area (Å²) in [4.78, 5) is 49.3. The number of benzene rings is 2. The fourth-order valence-corrected chi connectivity index (χ4v) is 2.05. The number of non-ortho nitro benzene ring substituents is 1. The molecule has 0 N–H and O–H groups in total. The van der Waals surface area contributed by atoms with Crippen LogP contribution in [0.3, 0.4) is 0 Å². The molecule has 0 aliphatic heterocycles. The predicted octanol–water partition coefficient (Wildman–Crippen LogP) is 3.02. The van der Waals surface area contributed by atoms with E-state index in [0.29, 0.717) is 24.3 Å². The van der Waals surface area contributed by atoms with Crippen LogP contribution in [0.15, 0.2) is 30.3 Å². The Labute approximate surface area is 151 Å². The summed E-state index contributed by atoms with van der Waals surface area (Å²) in [5.41, 5.74) is -5.20. The van der Waals surface area contributed by atoms with Crippen LogP contribution in [0.1, 0.15) is 0 Å². The summed E-state index contributed by atoms with van der Waals surface area (Å²) in [5, 5.41) is 54.9. The SMILES string of the molecule is O=[N+]([O-])c1cc([N+](=O)[O-])c(Oc2ccc([N+](=O)[O-])c([N+](=O)[O-])c2)c([N+](=O)[O-])c1. The second-order valence-corrected chi connectivity index (χ2v) is 4.85. The molecular weight excluding hydrogens is 390 g/mol. The van der Waals surface area contributed by atoms with Gasteiger partial charge >= 0.3 is 22.7 Å². The highest BCUT2D eigenvalue weighted by Crippen LogP contribution is 2.43. The van der Waals surface area contributed by atoms with Crippen LogP contribution >= 0.6 is 0 Å². The number of nitro groups is 5. The molecule has 0 aromatic heterocycles. The molecule has 0 aliphatic rings. The molecule has 0 fully saturated rings. The first-order valence-electron chi connectivity index (χ1n) is 6.74. The van der Waals surface area contributed by atoms with E-state index in [1.807, 2.05) is 0 Å². The highest BCUT2D eigenvalue weighted by atomic mass is 16.7. The van der Waals surface area contributed by atoms with Gasteiger partial charge in [-0.2, -0.15) is 0 Å². The van der Waals surface area contributed by atoms with Crippen LogP contribution in [0.4, 0.5) is 28.4 Å². The van der Waals surface area contributed by atoms with Gasteiger partial charge in [0.15, 0.2) is 0 Å². The second-order valence-electron chi connectivity index (χ2n) is 4.85. The zero-order valence-electron chi connectivity index (χ0n) is 13.1. The van der Waals surface area contributed by atoms with Gasteiger partial charge in [0.25, 0.3) is 11.4 Å². The molecule has 0 heterocycles. The third-order valence-corrected chi connectivity index (χ3v) is 3.20. The number of nitrogens with zero attached hydrogens (tertiary/aromatic N) is 5. The summed E-state index contributed by atoms with van der Waals surface area (Å²) in [6, 6.07) is 2.83. The number of ether oxygens (including phenoxy) is 1. The first-order valence-corrected chi connectivity index (χ1v) is 6.74. The molecule has 0 saturated heterocycles. The first kappa shape index (κ1) is 19.6. The maximum Gasteiger partial charge on any atom is 0.349 e. The van der Waals surface area contributed by atoms with Gasteiger partial charge in [0, 0.05) is 6.07 Å². The summed E-state index contributed by atoms with van der Waals surface area (Å²) >= 11 is 0. The van der Waals surface area contributed by atoms with Crippen molar-refractivity contribution < 1.29 is 29.4 Å². The summed E-state index contributed by atoms with van der Waals surface area (Å²) in [6.45, 7) is 0. The summed E-state index contributed by atoms with van der Waals surface area (Å²) in [5.74, 6) is -1.61. The molecule has 0 amide bonds. The van der Waals surface area contributed by atoms with E-state index in [9.17, 15) is 50.6 Å². The monoisotopic (exact) mass is 395 g/mol. The van der Waals surface area contributed by atoms with Gasteiger partial charge in [-0.05, 0) is 6.07 Å². The van der Waals surface area contributed by atoms with Crippen molar-refractivity contribution in [1.82, 2.24) is 0 Å². The van der Waals surface area contributed by atoms with Gasteiger partial charge in [0.1, 0.15) is 5.75 Å². The minimum absolute atomic E-state index is 0.405. The standard InChI is InChI=1S/C12H5N5O11/c18-13(19)6-3-10(16(24)25)12(11(4-6)17(26)27)28-7-1-2-8(14(20)21)9(5-7)15(22)23/h1-5H. The van der Waals surface area contributed by atoms with E-state index in [2.05, 4.69) is 0 Å². The number of hydrogen-bond donors (Lipinski definition) is 0. The van der Waals surface area contributed by atoms with Gasteiger partial charge < -0.3 is 4.74 Å². The molecule has 16 heteroatoms. The molecule has 0 spiro atoms. The molecule has 0 aliphatic carbocycles. The fourth-order valence-electron chi connectivity index (χ4n) is 2.05. The van der Waals surface area contributed by atoms with Crippen LogP contribution in [-0.4, -0.2) is 24.6 Å². The molecule has 0 saturated carbocycles. The van der Waals surface area contributed by atoms with Crippen LogP contribution in [0.25, 0.3) is 0 Å². The van der Waals surface area contributed by atoms with Crippen LogP contribution in [0.5, 0.6) is 11.5 Å². The molecule has 28 heavy (non-hydrogen) atoms. The Hall–Kier alpha value is -4.76. The lowest BCUT2D eigenvalue weighted by Crippen LogP contribution is -2.02. The third-order valence-electron chi connectivity index (χ3n) is 3.20. The maximum absolute atomic E-state index is 11.2. The molecule has 2 rings (SSSR count). The molecule has 0 bridgehead atoms. The molecule has 0 unspecified atom stereocenters. The van der Waals surface area contributed by atoms with Crippen LogP contribution in [0, 0.1) is 50.6 Å². The van der Waals surface area contributed by atoms with E-state index in [1.54, 1.807) is 0 Å². The summed E-state index contributed by atoms with van der Waals surface area (Å²) in [6.07, 6.45) is 0. The molecule has 2 aromatic rings. The first-order chi connectivity index (χ1) is 13.0. The quantitative estimate of drug-likeness (QED) is 0.488. The smallest absolute Gasteiger partial charge is 0.349 e. The molecule has 16 nitrogen and oxygen atoms in total. The topological polar surface area (TPSA) is 225 Å². The fraction of sp³-hybridized carbons (Fsp3) is 0. The Bertz CT molecular complexity index is 1020. The summed E-state index contributed by atoms with van der Waals surface area (Å²) in [7, 11) is 0. The van der Waals surface area contributed by atoms with Gasteiger partial charge in [-0.1, -0.05) is 0 Å². The molecule has 144 valence electrons. The van der Waals surface area contributed by atoms with E-state index in [-0.39, 0.29) is 0 Å². The van der Waals surface area contributed by atoms with Gasteiger partial charge in [0.2, 0.25) is 0 Å². The summed E-state index contributed by atoms with van der Waals surface area (Å²) < 4.78 is 4.99. The average Bonchev–Trinajstić information content (AvgIpc) is 2.60. The highest BCUT2D eigenvalue weighted by molar-refractivity contribution is 5.67. The minimum atomic E-state index is -1.19. The average molecular weight is 395 g/mol. The Kier molecular flexibility index (Phi) is 5.05. The molecular formula is C12H5N5O11. The van der Waals surface area contributed by atoms with Gasteiger partial charge in [0.05, 0.1) is 42.8 Å². The third kappa shape index (κ3) is 3.74. The van der Waals surface area contributed by atoms with Crippen molar-refractivity contribution >= 4 is 28.4 Å². The zero-order valence-corrected chi connectivity index (χ0v) is 13.1. The van der Waals surface area contributed by atoms with E-state index in [4.69, 9.17) is 4.74 Å². The minimum Gasteiger partial charge on any atom is -0.444 e. The van der Waals surface area contributed by atoms with E-state index in [0.717, 1.165) is 6.07 Å². The van der Waals surface area contributed by atoms with Crippen LogP contribution in [-0.2, 0) is 0 Å². The van der Waals surface area contributed by atoms with Crippen molar-refractivity contribution in [2.75, 3.05) is 0 Å². The number of hydrogen-bond acceptors (Lipinski definition) is 11. The van der Waals surface area contributed by atoms with Crippen molar-refractivity contribution in [2.24, 2.45) is 0 Å². The largest absolute Gasteiger partial charge is 0.444 e. The van der Waals surface area contributed by atoms with Crippen molar-refractivity contribution in [3.05, 3.63) is 80.9 Å². The Morgan fingerprint density at radius 2 is 1.04 bits per heavy atom. The van der Waals surface area contributed by atoms with Crippen LogP contribution < -0.4 is 4.74 Å². The molecule has 0 atom stereocenters. The van der Waals surface area contributed by atoms with E-state index in [1.165, 1.54) is 0 Å². The maximum atomic E-state index is 11.2. The Morgan fingerprint density at radius 3 is 1.43 bits per heavy atom. The van der Waals surface area contributed by atoms with Crippen molar-refractivity contribution in [2.45, 2.75) is 0 Å². The van der Waals surface area contributed by atoms with E-state index < -0.39 is 64.6 Å². The van der Waals surface area contributed by atoms with E-state index >= 15 is 0 Å². The highest BCUT2D eigenvalue weighted by Gasteiger charge is 2.33. The number of rotatable bonds is 7. The van der Waals surface area contributed by atoms with Gasteiger partial charge in [-0.15, -0.1) is 0 Å². The lowest BCUT2D eigenvalue weighted by molar-refractivity contribution is -0.422. The van der Waals surface area contributed by atoms with Crippen molar-refractivity contribution in [1.29, 1.82) is 0 Å². The Balaban J connectivity index is 2.69. The lowest BCUT2D eigenvalue weighted by atomic mass is 10.2. The van der Waals surface area contributed by atoms with Gasteiger partial charge in [-0.25, -0.2) is 0 Å². The zero-order chi connectivity index (χ0) is 21.2. The number of nitro benzene ring substituents is 5. The van der Waals surface area contributed by atoms with Crippen molar-refractivity contribution in [3.8, 4) is 11.5 Å². The Morgan fingerprint density at radius 1 is 0.571 bits per heavy atom. The normalized spacial score (nSPS) is 10.1.